The Balaban J connectivity index is 1.75. The molecule has 0 bridgehead atoms. The van der Waals surface area contributed by atoms with Crippen LogP contribution in [0.2, 0.25) is 5.02 Å². The van der Waals surface area contributed by atoms with Gasteiger partial charge in [0.15, 0.2) is 0 Å². The van der Waals surface area contributed by atoms with E-state index in [1.807, 2.05) is 30.3 Å². The van der Waals surface area contributed by atoms with Crippen LogP contribution in [0, 0.1) is 0 Å². The molecule has 0 unspecified atom stereocenters. The van der Waals surface area contributed by atoms with Crippen molar-refractivity contribution in [3.05, 3.63) is 88.9 Å². The second kappa shape index (κ2) is 8.41. The lowest BCUT2D eigenvalue weighted by Gasteiger charge is -2.13. The molecule has 0 saturated carbocycles. The molecule has 0 spiro atoms. The zero-order chi connectivity index (χ0) is 18.4. The van der Waals surface area contributed by atoms with Crippen molar-refractivity contribution in [3.8, 4) is 11.5 Å². The average molecular weight is 368 g/mol. The summed E-state index contributed by atoms with van der Waals surface area (Å²) in [5.41, 5.74) is 2.02. The molecule has 132 valence electrons. The highest BCUT2D eigenvalue weighted by Gasteiger charge is 2.14. The van der Waals surface area contributed by atoms with Crippen molar-refractivity contribution in [3.63, 3.8) is 0 Å². The van der Waals surface area contributed by atoms with Crippen molar-refractivity contribution in [2.45, 2.75) is 6.61 Å². The molecule has 3 aromatic carbocycles. The average Bonchev–Trinajstić information content (AvgIpc) is 2.68. The van der Waals surface area contributed by atoms with Gasteiger partial charge in [-0.3, -0.25) is 4.79 Å². The van der Waals surface area contributed by atoms with Crippen LogP contribution in [0.25, 0.3) is 0 Å². The molecular formula is C21H18ClNO3. The molecule has 0 saturated heterocycles. The molecule has 1 N–H and O–H groups in total. The van der Waals surface area contributed by atoms with Gasteiger partial charge in [-0.2, -0.15) is 0 Å². The van der Waals surface area contributed by atoms with E-state index in [0.29, 0.717) is 34.4 Å². The molecule has 1 amide bonds. The van der Waals surface area contributed by atoms with E-state index in [1.165, 1.54) is 0 Å². The molecule has 3 aromatic rings. The Bertz CT molecular complexity index is 894. The predicted molar refractivity (Wildman–Crippen MR) is 103 cm³/mol. The number of halogens is 1. The minimum atomic E-state index is -0.263. The monoisotopic (exact) mass is 367 g/mol. The summed E-state index contributed by atoms with van der Waals surface area (Å²) in [6, 6.07) is 21.8. The van der Waals surface area contributed by atoms with Gasteiger partial charge in [0.2, 0.25) is 0 Å². The Morgan fingerprint density at radius 3 is 2.31 bits per heavy atom. The van der Waals surface area contributed by atoms with Gasteiger partial charge in [0.25, 0.3) is 5.91 Å². The van der Waals surface area contributed by atoms with Gasteiger partial charge in [0.05, 0.1) is 18.4 Å². The first-order valence-electron chi connectivity index (χ1n) is 8.08. The van der Waals surface area contributed by atoms with E-state index in [4.69, 9.17) is 21.1 Å². The zero-order valence-electron chi connectivity index (χ0n) is 14.2. The molecule has 0 radical (unpaired) electrons. The van der Waals surface area contributed by atoms with Gasteiger partial charge in [-0.15, -0.1) is 0 Å². The fraction of sp³-hybridized carbons (Fsp3) is 0.0952. The van der Waals surface area contributed by atoms with Crippen molar-refractivity contribution in [1.29, 1.82) is 0 Å². The lowest BCUT2D eigenvalue weighted by Crippen LogP contribution is -2.14. The molecule has 0 aromatic heterocycles. The number of amides is 1. The number of carbonyl (C=O) groups excluding carboxylic acids is 1. The van der Waals surface area contributed by atoms with Crippen LogP contribution in [0.4, 0.5) is 5.69 Å². The number of ether oxygens (including phenoxy) is 2. The van der Waals surface area contributed by atoms with Gasteiger partial charge in [0, 0.05) is 5.02 Å². The van der Waals surface area contributed by atoms with E-state index in [2.05, 4.69) is 5.32 Å². The highest BCUT2D eigenvalue weighted by molar-refractivity contribution is 6.30. The van der Waals surface area contributed by atoms with Crippen LogP contribution in [0.5, 0.6) is 11.5 Å². The van der Waals surface area contributed by atoms with Gasteiger partial charge in [-0.05, 0) is 42.0 Å². The molecule has 0 heterocycles. The SMILES string of the molecule is COc1ccccc1NC(=O)c1ccccc1OCc1ccc(Cl)cc1. The normalized spacial score (nSPS) is 10.2. The number of anilines is 1. The van der Waals surface area contributed by atoms with Gasteiger partial charge >= 0.3 is 0 Å². The summed E-state index contributed by atoms with van der Waals surface area (Å²) in [5.74, 6) is 0.844. The predicted octanol–water partition coefficient (Wildman–Crippen LogP) is 5.18. The lowest BCUT2D eigenvalue weighted by atomic mass is 10.1. The second-order valence-corrected chi connectivity index (χ2v) is 6.00. The maximum Gasteiger partial charge on any atom is 0.259 e. The molecule has 3 rings (SSSR count). The Labute approximate surface area is 157 Å². The molecule has 26 heavy (non-hydrogen) atoms. The van der Waals surface area contributed by atoms with Crippen LogP contribution in [-0.4, -0.2) is 13.0 Å². The maximum absolute atomic E-state index is 12.7. The number of hydrogen-bond acceptors (Lipinski definition) is 3. The van der Waals surface area contributed by atoms with Gasteiger partial charge in [0.1, 0.15) is 18.1 Å². The summed E-state index contributed by atoms with van der Waals surface area (Å²) in [7, 11) is 1.56. The van der Waals surface area contributed by atoms with Crippen LogP contribution >= 0.6 is 11.6 Å². The molecule has 5 heteroatoms. The third-order valence-corrected chi connectivity index (χ3v) is 4.05. The second-order valence-electron chi connectivity index (χ2n) is 5.57. The first-order chi connectivity index (χ1) is 12.7. The number of para-hydroxylation sites is 3. The minimum Gasteiger partial charge on any atom is -0.495 e. The highest BCUT2D eigenvalue weighted by Crippen LogP contribution is 2.26. The van der Waals surface area contributed by atoms with Gasteiger partial charge < -0.3 is 14.8 Å². The standard InChI is InChI=1S/C21H18ClNO3/c1-25-20-9-5-3-7-18(20)23-21(24)17-6-2-4-8-19(17)26-14-15-10-12-16(22)13-11-15/h2-13H,14H2,1H3,(H,23,24). The smallest absolute Gasteiger partial charge is 0.259 e. The quantitative estimate of drug-likeness (QED) is 0.653. The molecule has 0 aliphatic rings. The van der Waals surface area contributed by atoms with Crippen LogP contribution < -0.4 is 14.8 Å². The van der Waals surface area contributed by atoms with Gasteiger partial charge in [-0.25, -0.2) is 0 Å². The van der Waals surface area contributed by atoms with E-state index in [0.717, 1.165) is 5.56 Å². The first-order valence-corrected chi connectivity index (χ1v) is 8.46. The van der Waals surface area contributed by atoms with E-state index >= 15 is 0 Å². The zero-order valence-corrected chi connectivity index (χ0v) is 15.0. The highest BCUT2D eigenvalue weighted by atomic mass is 35.5. The largest absolute Gasteiger partial charge is 0.495 e. The number of carbonyl (C=O) groups is 1. The summed E-state index contributed by atoms with van der Waals surface area (Å²) in [4.78, 5) is 12.7. The van der Waals surface area contributed by atoms with Crippen molar-refractivity contribution >= 4 is 23.2 Å². The van der Waals surface area contributed by atoms with Crippen LogP contribution in [0.15, 0.2) is 72.8 Å². The van der Waals surface area contributed by atoms with E-state index < -0.39 is 0 Å². The van der Waals surface area contributed by atoms with Crippen LogP contribution in [-0.2, 0) is 6.61 Å². The fourth-order valence-electron chi connectivity index (χ4n) is 2.46. The van der Waals surface area contributed by atoms with Crippen molar-refractivity contribution in [1.82, 2.24) is 0 Å². The topological polar surface area (TPSA) is 47.6 Å². The Kier molecular flexibility index (Phi) is 5.77. The molecule has 0 fully saturated rings. The summed E-state index contributed by atoms with van der Waals surface area (Å²) < 4.78 is 11.1. The number of rotatable bonds is 6. The van der Waals surface area contributed by atoms with Crippen molar-refractivity contribution < 1.29 is 14.3 Å². The maximum atomic E-state index is 12.7. The van der Waals surface area contributed by atoms with E-state index in [9.17, 15) is 4.79 Å². The Morgan fingerprint density at radius 1 is 0.923 bits per heavy atom. The minimum absolute atomic E-state index is 0.263. The summed E-state index contributed by atoms with van der Waals surface area (Å²) in [6.07, 6.45) is 0. The third kappa shape index (κ3) is 4.35. The number of benzene rings is 3. The molecule has 0 atom stereocenters. The summed E-state index contributed by atoms with van der Waals surface area (Å²) in [6.45, 7) is 0.343. The first kappa shape index (κ1) is 17.8. The number of methoxy groups -OCH3 is 1. The van der Waals surface area contributed by atoms with Crippen molar-refractivity contribution in [2.24, 2.45) is 0 Å². The van der Waals surface area contributed by atoms with E-state index in [-0.39, 0.29) is 5.91 Å². The molecule has 4 nitrogen and oxygen atoms in total. The van der Waals surface area contributed by atoms with Gasteiger partial charge in [-0.1, -0.05) is 48.0 Å². The third-order valence-electron chi connectivity index (χ3n) is 3.79. The number of nitrogens with one attached hydrogen (secondary N) is 1. The fourth-order valence-corrected chi connectivity index (χ4v) is 2.59. The molecule has 0 aliphatic carbocycles. The molecule has 0 aliphatic heterocycles. The number of hydrogen-bond donors (Lipinski definition) is 1. The summed E-state index contributed by atoms with van der Waals surface area (Å²) >= 11 is 5.89. The van der Waals surface area contributed by atoms with Crippen molar-refractivity contribution in [2.75, 3.05) is 12.4 Å². The van der Waals surface area contributed by atoms with Crippen LogP contribution in [0.3, 0.4) is 0 Å². The molecular weight excluding hydrogens is 350 g/mol. The Hall–Kier alpha value is -2.98. The summed E-state index contributed by atoms with van der Waals surface area (Å²) in [5, 5.41) is 3.53. The lowest BCUT2D eigenvalue weighted by molar-refractivity contribution is 0.102. The Morgan fingerprint density at radius 2 is 1.58 bits per heavy atom. The van der Waals surface area contributed by atoms with Crippen LogP contribution in [0.1, 0.15) is 15.9 Å². The van der Waals surface area contributed by atoms with E-state index in [1.54, 1.807) is 49.6 Å².